The Hall–Kier alpha value is -2.92. The first kappa shape index (κ1) is 18.9. The van der Waals surface area contributed by atoms with Gasteiger partial charge in [-0.15, -0.1) is 0 Å². The second kappa shape index (κ2) is 9.14. The summed E-state index contributed by atoms with van der Waals surface area (Å²) in [6, 6.07) is 17.1. The fourth-order valence-electron chi connectivity index (χ4n) is 2.56. The van der Waals surface area contributed by atoms with E-state index in [1.54, 1.807) is 12.3 Å². The standard InChI is InChI=1S/C21H21ClN4O/c1-2-15-5-9-18(10-6-15)25-20(27)19-12-14-24-21(26-19)23-13-11-16-3-7-17(22)8-4-16/h3-10,12,14H,2,11,13H2,1H3,(H,25,27)(H,23,24,26). The molecule has 3 aromatic rings. The van der Waals surface area contributed by atoms with Crippen molar-refractivity contribution in [1.29, 1.82) is 0 Å². The Bertz CT molecular complexity index is 895. The van der Waals surface area contributed by atoms with Crippen molar-refractivity contribution >= 4 is 29.1 Å². The zero-order chi connectivity index (χ0) is 19.1. The van der Waals surface area contributed by atoms with Gasteiger partial charge in [-0.3, -0.25) is 4.79 Å². The van der Waals surface area contributed by atoms with E-state index in [0.29, 0.717) is 18.2 Å². The summed E-state index contributed by atoms with van der Waals surface area (Å²) in [4.78, 5) is 20.9. The minimum absolute atomic E-state index is 0.262. The third kappa shape index (κ3) is 5.53. The van der Waals surface area contributed by atoms with Crippen molar-refractivity contribution < 1.29 is 4.79 Å². The summed E-state index contributed by atoms with van der Waals surface area (Å²) in [5, 5.41) is 6.72. The summed E-state index contributed by atoms with van der Waals surface area (Å²) in [6.45, 7) is 2.75. The normalized spacial score (nSPS) is 10.4. The van der Waals surface area contributed by atoms with E-state index >= 15 is 0 Å². The van der Waals surface area contributed by atoms with Crippen LogP contribution < -0.4 is 10.6 Å². The molecule has 0 aliphatic rings. The molecule has 0 radical (unpaired) electrons. The maximum Gasteiger partial charge on any atom is 0.274 e. The van der Waals surface area contributed by atoms with Crippen molar-refractivity contribution in [1.82, 2.24) is 9.97 Å². The predicted molar refractivity (Wildman–Crippen MR) is 109 cm³/mol. The lowest BCUT2D eigenvalue weighted by atomic mass is 10.1. The molecular formula is C21H21ClN4O. The average Bonchev–Trinajstić information content (AvgIpc) is 2.70. The molecule has 0 aliphatic carbocycles. The Balaban J connectivity index is 1.57. The summed E-state index contributed by atoms with van der Waals surface area (Å²) in [5.41, 5.74) is 3.45. The van der Waals surface area contributed by atoms with Gasteiger partial charge in [0.05, 0.1) is 0 Å². The van der Waals surface area contributed by atoms with Crippen LogP contribution in [0.4, 0.5) is 11.6 Å². The number of halogens is 1. The summed E-state index contributed by atoms with van der Waals surface area (Å²) in [5.74, 6) is 0.167. The van der Waals surface area contributed by atoms with Crippen LogP contribution in [-0.2, 0) is 12.8 Å². The Labute approximate surface area is 163 Å². The molecule has 0 atom stereocenters. The zero-order valence-electron chi connectivity index (χ0n) is 15.1. The van der Waals surface area contributed by atoms with Crippen molar-refractivity contribution in [2.24, 2.45) is 0 Å². The number of carbonyl (C=O) groups is 1. The number of hydrogen-bond donors (Lipinski definition) is 2. The molecule has 2 aromatic carbocycles. The highest BCUT2D eigenvalue weighted by atomic mass is 35.5. The van der Waals surface area contributed by atoms with Gasteiger partial charge in [-0.25, -0.2) is 9.97 Å². The molecule has 138 valence electrons. The van der Waals surface area contributed by atoms with Crippen molar-refractivity contribution in [3.63, 3.8) is 0 Å². The van der Waals surface area contributed by atoms with Crippen LogP contribution in [0, 0.1) is 0 Å². The molecular weight excluding hydrogens is 360 g/mol. The van der Waals surface area contributed by atoms with Crippen LogP contribution in [0.25, 0.3) is 0 Å². The van der Waals surface area contributed by atoms with E-state index in [0.717, 1.165) is 29.1 Å². The molecule has 0 saturated carbocycles. The van der Waals surface area contributed by atoms with Gasteiger partial charge in [0.2, 0.25) is 5.95 Å². The van der Waals surface area contributed by atoms with Crippen molar-refractivity contribution in [2.75, 3.05) is 17.2 Å². The first-order valence-electron chi connectivity index (χ1n) is 8.85. The van der Waals surface area contributed by atoms with Gasteiger partial charge in [-0.05, 0) is 54.3 Å². The Kier molecular flexibility index (Phi) is 6.39. The number of rotatable bonds is 7. The molecule has 0 saturated heterocycles. The molecule has 0 aliphatic heterocycles. The number of hydrogen-bond acceptors (Lipinski definition) is 4. The highest BCUT2D eigenvalue weighted by Gasteiger charge is 2.09. The number of nitrogens with zero attached hydrogens (tertiary/aromatic N) is 2. The van der Waals surface area contributed by atoms with Crippen LogP contribution in [0.15, 0.2) is 60.8 Å². The number of anilines is 2. The number of carbonyl (C=O) groups excluding carboxylic acids is 1. The first-order chi connectivity index (χ1) is 13.1. The first-order valence-corrected chi connectivity index (χ1v) is 9.23. The van der Waals surface area contributed by atoms with Gasteiger partial charge in [0.15, 0.2) is 0 Å². The Morgan fingerprint density at radius 3 is 2.41 bits per heavy atom. The molecule has 3 rings (SSSR count). The van der Waals surface area contributed by atoms with Gasteiger partial charge in [0.25, 0.3) is 5.91 Å². The van der Waals surface area contributed by atoms with Gasteiger partial charge < -0.3 is 10.6 Å². The lowest BCUT2D eigenvalue weighted by Gasteiger charge is -2.08. The molecule has 0 bridgehead atoms. The monoisotopic (exact) mass is 380 g/mol. The summed E-state index contributed by atoms with van der Waals surface area (Å²) >= 11 is 5.89. The van der Waals surface area contributed by atoms with Gasteiger partial charge in [-0.1, -0.05) is 42.8 Å². The van der Waals surface area contributed by atoms with Crippen LogP contribution >= 0.6 is 11.6 Å². The highest BCUT2D eigenvalue weighted by molar-refractivity contribution is 6.30. The quantitative estimate of drug-likeness (QED) is 0.628. The Morgan fingerprint density at radius 2 is 1.70 bits per heavy atom. The van der Waals surface area contributed by atoms with Gasteiger partial charge in [-0.2, -0.15) is 0 Å². The number of aromatic nitrogens is 2. The molecule has 1 amide bonds. The lowest BCUT2D eigenvalue weighted by Crippen LogP contribution is -2.16. The van der Waals surface area contributed by atoms with Crippen LogP contribution in [0.1, 0.15) is 28.5 Å². The smallest absolute Gasteiger partial charge is 0.274 e. The second-order valence-corrected chi connectivity index (χ2v) is 6.51. The van der Waals surface area contributed by atoms with Gasteiger partial charge >= 0.3 is 0 Å². The zero-order valence-corrected chi connectivity index (χ0v) is 15.8. The van der Waals surface area contributed by atoms with Crippen LogP contribution in [0.3, 0.4) is 0 Å². The molecule has 2 N–H and O–H groups in total. The fourth-order valence-corrected chi connectivity index (χ4v) is 2.68. The van der Waals surface area contributed by atoms with E-state index < -0.39 is 0 Å². The minimum Gasteiger partial charge on any atom is -0.354 e. The molecule has 6 heteroatoms. The number of nitrogens with one attached hydrogen (secondary N) is 2. The van der Waals surface area contributed by atoms with E-state index in [9.17, 15) is 4.79 Å². The van der Waals surface area contributed by atoms with Gasteiger partial charge in [0.1, 0.15) is 5.69 Å². The average molecular weight is 381 g/mol. The predicted octanol–water partition coefficient (Wildman–Crippen LogP) is 4.60. The van der Waals surface area contributed by atoms with E-state index in [4.69, 9.17) is 11.6 Å². The van der Waals surface area contributed by atoms with Gasteiger partial charge in [0, 0.05) is 23.5 Å². The van der Waals surface area contributed by atoms with E-state index in [1.165, 1.54) is 5.56 Å². The molecule has 27 heavy (non-hydrogen) atoms. The van der Waals surface area contributed by atoms with Crippen LogP contribution in [0.5, 0.6) is 0 Å². The molecule has 0 fully saturated rings. The Morgan fingerprint density at radius 1 is 1.00 bits per heavy atom. The minimum atomic E-state index is -0.262. The number of benzene rings is 2. The van der Waals surface area contributed by atoms with Crippen LogP contribution in [-0.4, -0.2) is 22.4 Å². The summed E-state index contributed by atoms with van der Waals surface area (Å²) in [6.07, 6.45) is 3.35. The molecule has 5 nitrogen and oxygen atoms in total. The van der Waals surface area contributed by atoms with E-state index in [1.807, 2.05) is 48.5 Å². The maximum atomic E-state index is 12.4. The SMILES string of the molecule is CCc1ccc(NC(=O)c2ccnc(NCCc3ccc(Cl)cc3)n2)cc1. The summed E-state index contributed by atoms with van der Waals surface area (Å²) < 4.78 is 0. The largest absolute Gasteiger partial charge is 0.354 e. The number of aryl methyl sites for hydroxylation is 1. The lowest BCUT2D eigenvalue weighted by molar-refractivity contribution is 0.102. The van der Waals surface area contributed by atoms with Crippen molar-refractivity contribution in [3.05, 3.63) is 82.6 Å². The van der Waals surface area contributed by atoms with E-state index in [2.05, 4.69) is 27.5 Å². The highest BCUT2D eigenvalue weighted by Crippen LogP contribution is 2.12. The molecule has 0 unspecified atom stereocenters. The van der Waals surface area contributed by atoms with Crippen molar-refractivity contribution in [3.8, 4) is 0 Å². The third-order valence-electron chi connectivity index (χ3n) is 4.12. The van der Waals surface area contributed by atoms with Crippen LogP contribution in [0.2, 0.25) is 5.02 Å². The number of amides is 1. The molecule has 1 heterocycles. The molecule has 1 aromatic heterocycles. The second-order valence-electron chi connectivity index (χ2n) is 6.07. The third-order valence-corrected chi connectivity index (χ3v) is 4.37. The molecule has 0 spiro atoms. The van der Waals surface area contributed by atoms with E-state index in [-0.39, 0.29) is 5.91 Å². The van der Waals surface area contributed by atoms with Crippen molar-refractivity contribution in [2.45, 2.75) is 19.8 Å². The topological polar surface area (TPSA) is 66.9 Å². The maximum absolute atomic E-state index is 12.4. The fraction of sp³-hybridized carbons (Fsp3) is 0.190. The summed E-state index contributed by atoms with van der Waals surface area (Å²) in [7, 11) is 0.